The van der Waals surface area contributed by atoms with Crippen molar-refractivity contribution in [3.05, 3.63) is 12.2 Å². The number of hydrogen-bond acceptors (Lipinski definition) is 2. The summed E-state index contributed by atoms with van der Waals surface area (Å²) < 4.78 is 5.26. The van der Waals surface area contributed by atoms with Gasteiger partial charge < -0.3 is 10.1 Å². The van der Waals surface area contributed by atoms with Gasteiger partial charge in [0.05, 0.1) is 13.2 Å². The second kappa shape index (κ2) is 5.81. The SMILES string of the molecule is C=C(C)COCCNC(=O)C1CCC1. The van der Waals surface area contributed by atoms with Gasteiger partial charge in [0.25, 0.3) is 0 Å². The van der Waals surface area contributed by atoms with Crippen LogP contribution in [0.2, 0.25) is 0 Å². The Balaban J connectivity index is 1.92. The molecule has 0 radical (unpaired) electrons. The van der Waals surface area contributed by atoms with Crippen molar-refractivity contribution in [2.24, 2.45) is 5.92 Å². The smallest absolute Gasteiger partial charge is 0.223 e. The lowest BCUT2D eigenvalue weighted by Gasteiger charge is -2.23. The van der Waals surface area contributed by atoms with Crippen molar-refractivity contribution < 1.29 is 9.53 Å². The molecule has 3 heteroatoms. The van der Waals surface area contributed by atoms with E-state index < -0.39 is 0 Å². The van der Waals surface area contributed by atoms with Crippen LogP contribution in [0.1, 0.15) is 26.2 Å². The highest BCUT2D eigenvalue weighted by atomic mass is 16.5. The quantitative estimate of drug-likeness (QED) is 0.517. The predicted molar refractivity (Wildman–Crippen MR) is 56.0 cm³/mol. The molecule has 0 spiro atoms. The summed E-state index contributed by atoms with van der Waals surface area (Å²) in [6.07, 6.45) is 3.31. The van der Waals surface area contributed by atoms with Crippen molar-refractivity contribution in [3.63, 3.8) is 0 Å². The van der Waals surface area contributed by atoms with Gasteiger partial charge >= 0.3 is 0 Å². The minimum atomic E-state index is 0.190. The number of carbonyl (C=O) groups excluding carboxylic acids is 1. The Hall–Kier alpha value is -0.830. The minimum absolute atomic E-state index is 0.190. The molecule has 1 saturated carbocycles. The lowest BCUT2D eigenvalue weighted by Crippen LogP contribution is -2.36. The van der Waals surface area contributed by atoms with Gasteiger partial charge in [0, 0.05) is 12.5 Å². The molecular weight excluding hydrogens is 178 g/mol. The molecule has 0 aliphatic heterocycles. The molecule has 1 aliphatic carbocycles. The molecular formula is C11H19NO2. The highest BCUT2D eigenvalue weighted by Crippen LogP contribution is 2.25. The van der Waals surface area contributed by atoms with E-state index in [0.717, 1.165) is 18.4 Å². The van der Waals surface area contributed by atoms with Gasteiger partial charge in [-0.2, -0.15) is 0 Å². The number of amides is 1. The van der Waals surface area contributed by atoms with E-state index in [4.69, 9.17) is 4.74 Å². The van der Waals surface area contributed by atoms with Gasteiger partial charge in [0.1, 0.15) is 0 Å². The van der Waals surface area contributed by atoms with Crippen molar-refractivity contribution >= 4 is 5.91 Å². The summed E-state index contributed by atoms with van der Waals surface area (Å²) in [7, 11) is 0. The molecule has 0 heterocycles. The van der Waals surface area contributed by atoms with Gasteiger partial charge in [-0.3, -0.25) is 4.79 Å². The molecule has 0 bridgehead atoms. The number of hydrogen-bond donors (Lipinski definition) is 1. The zero-order valence-electron chi connectivity index (χ0n) is 8.84. The molecule has 1 amide bonds. The van der Waals surface area contributed by atoms with Crippen LogP contribution >= 0.6 is 0 Å². The first-order valence-electron chi connectivity index (χ1n) is 5.20. The molecule has 1 fully saturated rings. The summed E-state index contributed by atoms with van der Waals surface area (Å²) in [5.74, 6) is 0.464. The molecule has 0 saturated heterocycles. The van der Waals surface area contributed by atoms with E-state index in [2.05, 4.69) is 11.9 Å². The number of carbonyl (C=O) groups is 1. The van der Waals surface area contributed by atoms with Crippen LogP contribution in [0.15, 0.2) is 12.2 Å². The van der Waals surface area contributed by atoms with Crippen molar-refractivity contribution in [2.75, 3.05) is 19.8 Å². The van der Waals surface area contributed by atoms with Crippen LogP contribution in [-0.2, 0) is 9.53 Å². The average molecular weight is 197 g/mol. The average Bonchev–Trinajstić information content (AvgIpc) is 1.99. The topological polar surface area (TPSA) is 38.3 Å². The van der Waals surface area contributed by atoms with Crippen LogP contribution in [0.5, 0.6) is 0 Å². The molecule has 1 N–H and O–H groups in total. The Morgan fingerprint density at radius 2 is 2.29 bits per heavy atom. The van der Waals surface area contributed by atoms with Crippen LogP contribution in [0.3, 0.4) is 0 Å². The molecule has 0 aromatic carbocycles. The Morgan fingerprint density at radius 3 is 2.79 bits per heavy atom. The maximum Gasteiger partial charge on any atom is 0.223 e. The van der Waals surface area contributed by atoms with Gasteiger partial charge in [-0.05, 0) is 19.8 Å². The van der Waals surface area contributed by atoms with Gasteiger partial charge in [-0.25, -0.2) is 0 Å². The van der Waals surface area contributed by atoms with Crippen LogP contribution in [0, 0.1) is 5.92 Å². The second-order valence-corrected chi connectivity index (χ2v) is 3.93. The largest absolute Gasteiger partial charge is 0.375 e. The highest BCUT2D eigenvalue weighted by molar-refractivity contribution is 5.79. The molecule has 3 nitrogen and oxygen atoms in total. The Bertz CT molecular complexity index is 209. The maximum atomic E-state index is 11.3. The molecule has 1 aliphatic rings. The zero-order valence-corrected chi connectivity index (χ0v) is 8.84. The van der Waals surface area contributed by atoms with E-state index in [1.807, 2.05) is 6.92 Å². The van der Waals surface area contributed by atoms with E-state index in [1.54, 1.807) is 0 Å². The summed E-state index contributed by atoms with van der Waals surface area (Å²) in [5, 5.41) is 2.86. The molecule has 14 heavy (non-hydrogen) atoms. The highest BCUT2D eigenvalue weighted by Gasteiger charge is 2.24. The summed E-state index contributed by atoms with van der Waals surface area (Å²) in [5.41, 5.74) is 1.01. The normalized spacial score (nSPS) is 16.1. The van der Waals surface area contributed by atoms with Gasteiger partial charge in [0.15, 0.2) is 0 Å². The third-order valence-corrected chi connectivity index (χ3v) is 2.37. The summed E-state index contributed by atoms with van der Waals surface area (Å²) in [6, 6.07) is 0. The first kappa shape index (κ1) is 11.2. The van der Waals surface area contributed by atoms with Crippen LogP contribution < -0.4 is 5.32 Å². The number of rotatable bonds is 6. The molecule has 1 rings (SSSR count). The maximum absolute atomic E-state index is 11.3. The summed E-state index contributed by atoms with van der Waals surface area (Å²) in [4.78, 5) is 11.3. The predicted octanol–water partition coefficient (Wildman–Crippen LogP) is 1.50. The standard InChI is InChI=1S/C11H19NO2/c1-9(2)8-14-7-6-12-11(13)10-4-3-5-10/h10H,1,3-8H2,2H3,(H,12,13). The van der Waals surface area contributed by atoms with Crippen molar-refractivity contribution in [2.45, 2.75) is 26.2 Å². The second-order valence-electron chi connectivity index (χ2n) is 3.93. The van der Waals surface area contributed by atoms with Crippen molar-refractivity contribution in [3.8, 4) is 0 Å². The fourth-order valence-electron chi connectivity index (χ4n) is 1.31. The third kappa shape index (κ3) is 3.92. The monoisotopic (exact) mass is 197 g/mol. The van der Waals surface area contributed by atoms with Gasteiger partial charge in [-0.15, -0.1) is 0 Å². The first-order valence-corrected chi connectivity index (χ1v) is 5.20. The molecule has 0 atom stereocenters. The minimum Gasteiger partial charge on any atom is -0.375 e. The van der Waals surface area contributed by atoms with Crippen LogP contribution in [0.4, 0.5) is 0 Å². The fraction of sp³-hybridized carbons (Fsp3) is 0.727. The lowest BCUT2D eigenvalue weighted by molar-refractivity contribution is -0.127. The number of ether oxygens (including phenoxy) is 1. The van der Waals surface area contributed by atoms with Crippen LogP contribution in [0.25, 0.3) is 0 Å². The number of nitrogens with one attached hydrogen (secondary N) is 1. The summed E-state index contributed by atoms with van der Waals surface area (Å²) >= 11 is 0. The van der Waals surface area contributed by atoms with E-state index >= 15 is 0 Å². The third-order valence-electron chi connectivity index (χ3n) is 2.37. The summed E-state index contributed by atoms with van der Waals surface area (Å²) in [6.45, 7) is 7.42. The molecule has 0 unspecified atom stereocenters. The zero-order chi connectivity index (χ0) is 10.4. The van der Waals surface area contributed by atoms with E-state index in [-0.39, 0.29) is 11.8 Å². The van der Waals surface area contributed by atoms with Gasteiger partial charge in [0.2, 0.25) is 5.91 Å². The Kier molecular flexibility index (Phi) is 4.66. The van der Waals surface area contributed by atoms with Crippen molar-refractivity contribution in [1.29, 1.82) is 0 Å². The first-order chi connectivity index (χ1) is 6.70. The molecule has 0 aromatic heterocycles. The van der Waals surface area contributed by atoms with E-state index in [0.29, 0.717) is 19.8 Å². The van der Waals surface area contributed by atoms with Crippen molar-refractivity contribution in [1.82, 2.24) is 5.32 Å². The van der Waals surface area contributed by atoms with Gasteiger partial charge in [-0.1, -0.05) is 18.6 Å². The van der Waals surface area contributed by atoms with E-state index in [1.165, 1.54) is 6.42 Å². The lowest BCUT2D eigenvalue weighted by atomic mass is 9.85. The molecule has 80 valence electrons. The Morgan fingerprint density at radius 1 is 1.57 bits per heavy atom. The Labute approximate surface area is 85.5 Å². The van der Waals surface area contributed by atoms with Crippen LogP contribution in [-0.4, -0.2) is 25.7 Å². The fourth-order valence-corrected chi connectivity index (χ4v) is 1.31. The van der Waals surface area contributed by atoms with E-state index in [9.17, 15) is 4.79 Å². The molecule has 0 aromatic rings.